The fourth-order valence-electron chi connectivity index (χ4n) is 4.57. The van der Waals surface area contributed by atoms with Crippen LogP contribution in [0.25, 0.3) is 11.1 Å². The third kappa shape index (κ3) is 5.35. The Hall–Kier alpha value is -3.71. The van der Waals surface area contributed by atoms with E-state index in [1.165, 1.54) is 7.11 Å². The second-order valence-corrected chi connectivity index (χ2v) is 8.97. The molecular weight excluding hydrogens is 458 g/mol. The van der Waals surface area contributed by atoms with Gasteiger partial charge in [-0.1, -0.05) is 67.8 Å². The number of esters is 1. The van der Waals surface area contributed by atoms with E-state index in [2.05, 4.69) is 0 Å². The fourth-order valence-corrected chi connectivity index (χ4v) is 4.75. The summed E-state index contributed by atoms with van der Waals surface area (Å²) in [5.74, 6) is -0.611. The van der Waals surface area contributed by atoms with Gasteiger partial charge in [0.05, 0.1) is 24.0 Å². The Balaban J connectivity index is 1.85. The maximum atomic E-state index is 14.1. The average molecular weight is 488 g/mol. The van der Waals surface area contributed by atoms with E-state index in [9.17, 15) is 9.59 Å². The summed E-state index contributed by atoms with van der Waals surface area (Å²) in [5, 5.41) is 3.21. The summed E-state index contributed by atoms with van der Waals surface area (Å²) in [4.78, 5) is 26.1. The number of hydrogen-bond acceptors (Lipinski definition) is 4. The Morgan fingerprint density at radius 2 is 1.49 bits per heavy atom. The van der Waals surface area contributed by atoms with Crippen LogP contribution in [0.5, 0.6) is 0 Å². The Morgan fingerprint density at radius 1 is 0.857 bits per heavy atom. The van der Waals surface area contributed by atoms with Gasteiger partial charge in [-0.05, 0) is 61.0 Å². The molecule has 4 rings (SSSR count). The summed E-state index contributed by atoms with van der Waals surface area (Å²) in [6.07, 6.45) is 4.83. The van der Waals surface area contributed by atoms with E-state index >= 15 is 0 Å². The van der Waals surface area contributed by atoms with E-state index in [-0.39, 0.29) is 16.9 Å². The monoisotopic (exact) mass is 487 g/mol. The number of methoxy groups -OCH3 is 1. The quantitative estimate of drug-likeness (QED) is 0.282. The van der Waals surface area contributed by atoms with Gasteiger partial charge in [-0.3, -0.25) is 4.79 Å². The first-order valence-corrected chi connectivity index (χ1v) is 12.2. The van der Waals surface area contributed by atoms with Crippen LogP contribution < -0.4 is 15.8 Å². The molecule has 1 aliphatic rings. The molecule has 1 amide bonds. The molecule has 1 fully saturated rings. The minimum absolute atomic E-state index is 0.0304. The standard InChI is InChI=1S/C28H29N3O3S/c1-34-27(33)22-16-18-23(19-17-22)30(28(29)35)31(26(32)21-12-6-3-7-13-21)25-15-9-8-14-24(25)20-10-4-2-5-11-20/h2,4-5,8-11,14-19,21H,3,6-7,12-13H2,1H3,(H2,29,35). The highest BCUT2D eigenvalue weighted by molar-refractivity contribution is 7.80. The van der Waals surface area contributed by atoms with Gasteiger partial charge in [0.2, 0.25) is 5.91 Å². The molecule has 1 saturated carbocycles. The number of anilines is 2. The van der Waals surface area contributed by atoms with E-state index < -0.39 is 5.97 Å². The number of amides is 1. The predicted octanol–water partition coefficient (Wildman–Crippen LogP) is 5.72. The molecule has 0 heterocycles. The van der Waals surface area contributed by atoms with Gasteiger partial charge in [-0.25, -0.2) is 14.8 Å². The van der Waals surface area contributed by atoms with Crippen molar-refractivity contribution in [3.63, 3.8) is 0 Å². The van der Waals surface area contributed by atoms with Crippen LogP contribution in [0.1, 0.15) is 42.5 Å². The van der Waals surface area contributed by atoms with E-state index in [1.54, 1.807) is 34.3 Å². The highest BCUT2D eigenvalue weighted by Gasteiger charge is 2.34. The Bertz CT molecular complexity index is 1190. The van der Waals surface area contributed by atoms with Gasteiger partial charge in [0.15, 0.2) is 5.11 Å². The maximum absolute atomic E-state index is 14.1. The Morgan fingerprint density at radius 3 is 2.11 bits per heavy atom. The SMILES string of the molecule is COC(=O)c1ccc(N(C(N)=S)N(C(=O)C2CCCCC2)c2ccccc2-c2ccccc2)cc1. The van der Waals surface area contributed by atoms with Crippen molar-refractivity contribution in [1.82, 2.24) is 0 Å². The summed E-state index contributed by atoms with van der Waals surface area (Å²) in [6.45, 7) is 0. The number of rotatable bonds is 5. The number of benzene rings is 3. The first-order valence-electron chi connectivity index (χ1n) is 11.8. The zero-order chi connectivity index (χ0) is 24.8. The number of hydrazine groups is 1. The molecule has 0 aromatic heterocycles. The van der Waals surface area contributed by atoms with Crippen LogP contribution in [0.2, 0.25) is 0 Å². The first-order chi connectivity index (χ1) is 17.0. The number of nitrogens with zero attached hydrogens (tertiary/aromatic N) is 2. The van der Waals surface area contributed by atoms with Crippen molar-refractivity contribution in [3.05, 3.63) is 84.4 Å². The largest absolute Gasteiger partial charge is 0.465 e. The second kappa shape index (κ2) is 11.1. The zero-order valence-electron chi connectivity index (χ0n) is 19.7. The smallest absolute Gasteiger partial charge is 0.337 e. The highest BCUT2D eigenvalue weighted by Crippen LogP contribution is 2.36. The molecule has 0 spiro atoms. The van der Waals surface area contributed by atoms with Crippen molar-refractivity contribution >= 4 is 40.6 Å². The number of carbonyl (C=O) groups excluding carboxylic acids is 2. The van der Waals surface area contributed by atoms with Crippen molar-refractivity contribution < 1.29 is 14.3 Å². The van der Waals surface area contributed by atoms with Crippen LogP contribution in [0.15, 0.2) is 78.9 Å². The lowest BCUT2D eigenvalue weighted by Crippen LogP contribution is -2.55. The van der Waals surface area contributed by atoms with Gasteiger partial charge < -0.3 is 10.5 Å². The Labute approximate surface area is 211 Å². The van der Waals surface area contributed by atoms with Crippen LogP contribution in [-0.2, 0) is 9.53 Å². The lowest BCUT2D eigenvalue weighted by molar-refractivity contribution is -0.123. The summed E-state index contributed by atoms with van der Waals surface area (Å²) in [7, 11) is 1.34. The minimum atomic E-state index is -0.442. The summed E-state index contributed by atoms with van der Waals surface area (Å²) in [6, 6.07) is 24.4. The van der Waals surface area contributed by atoms with Gasteiger partial charge in [-0.2, -0.15) is 0 Å². The minimum Gasteiger partial charge on any atom is -0.465 e. The third-order valence-corrected chi connectivity index (χ3v) is 6.49. The van der Waals surface area contributed by atoms with Crippen molar-refractivity contribution in [2.24, 2.45) is 11.7 Å². The molecule has 180 valence electrons. The van der Waals surface area contributed by atoms with E-state index in [0.29, 0.717) is 16.9 Å². The molecule has 0 aliphatic heterocycles. The molecule has 2 N–H and O–H groups in total. The van der Waals surface area contributed by atoms with Gasteiger partial charge in [0.1, 0.15) is 0 Å². The molecular formula is C28H29N3O3S. The highest BCUT2D eigenvalue weighted by atomic mass is 32.1. The molecule has 0 bridgehead atoms. The second-order valence-electron chi connectivity index (χ2n) is 8.56. The van der Waals surface area contributed by atoms with Crippen molar-refractivity contribution in [1.29, 1.82) is 0 Å². The molecule has 0 atom stereocenters. The number of ether oxygens (including phenoxy) is 1. The van der Waals surface area contributed by atoms with Crippen molar-refractivity contribution in [2.75, 3.05) is 17.1 Å². The molecule has 3 aromatic rings. The molecule has 35 heavy (non-hydrogen) atoms. The van der Waals surface area contributed by atoms with E-state index in [4.69, 9.17) is 22.7 Å². The zero-order valence-corrected chi connectivity index (χ0v) is 20.5. The molecule has 7 heteroatoms. The van der Waals surface area contributed by atoms with Crippen molar-refractivity contribution in [2.45, 2.75) is 32.1 Å². The molecule has 3 aromatic carbocycles. The molecule has 1 aliphatic carbocycles. The number of hydrogen-bond donors (Lipinski definition) is 1. The van der Waals surface area contributed by atoms with Crippen LogP contribution in [0.4, 0.5) is 11.4 Å². The Kier molecular flexibility index (Phi) is 7.77. The molecule has 0 radical (unpaired) electrons. The van der Waals surface area contributed by atoms with Gasteiger partial charge in [0.25, 0.3) is 0 Å². The van der Waals surface area contributed by atoms with E-state index in [1.807, 2.05) is 54.6 Å². The molecule has 0 saturated heterocycles. The maximum Gasteiger partial charge on any atom is 0.337 e. The fraction of sp³-hybridized carbons (Fsp3) is 0.250. The summed E-state index contributed by atoms with van der Waals surface area (Å²) >= 11 is 5.48. The van der Waals surface area contributed by atoms with E-state index in [0.717, 1.165) is 43.2 Å². The molecule has 6 nitrogen and oxygen atoms in total. The van der Waals surface area contributed by atoms with Crippen LogP contribution in [-0.4, -0.2) is 24.1 Å². The summed E-state index contributed by atoms with van der Waals surface area (Å²) < 4.78 is 4.82. The predicted molar refractivity (Wildman–Crippen MR) is 143 cm³/mol. The topological polar surface area (TPSA) is 75.9 Å². The van der Waals surface area contributed by atoms with Crippen LogP contribution in [0.3, 0.4) is 0 Å². The van der Waals surface area contributed by atoms with Gasteiger partial charge >= 0.3 is 5.97 Å². The van der Waals surface area contributed by atoms with Crippen LogP contribution in [0, 0.1) is 5.92 Å². The van der Waals surface area contributed by atoms with Crippen LogP contribution >= 0.6 is 12.2 Å². The number of thiocarbonyl (C=S) groups is 1. The van der Waals surface area contributed by atoms with Crippen molar-refractivity contribution in [3.8, 4) is 11.1 Å². The number of nitrogens with two attached hydrogens (primary N) is 1. The lowest BCUT2D eigenvalue weighted by Gasteiger charge is -2.39. The normalized spacial score (nSPS) is 13.6. The first kappa shape index (κ1) is 24.4. The lowest BCUT2D eigenvalue weighted by atomic mass is 9.88. The average Bonchev–Trinajstić information content (AvgIpc) is 2.92. The van der Waals surface area contributed by atoms with Gasteiger partial charge in [0, 0.05) is 11.5 Å². The molecule has 0 unspecified atom stereocenters. The number of carbonyl (C=O) groups is 2. The third-order valence-electron chi connectivity index (χ3n) is 6.32. The summed E-state index contributed by atoms with van der Waals surface area (Å²) in [5.41, 5.74) is 9.80. The van der Waals surface area contributed by atoms with Gasteiger partial charge in [-0.15, -0.1) is 0 Å². The number of para-hydroxylation sites is 1.